The molecule has 1 aliphatic carbocycles. The highest BCUT2D eigenvalue weighted by Gasteiger charge is 2.45. The highest BCUT2D eigenvalue weighted by atomic mass is 32.2. The SMILES string of the molecule is Cc1ccc([C@@H]2CCCN2S(=O)(=O)N2C[C@@H]3CC=CC[C@H]3C2)o1. The molecule has 6 heteroatoms. The van der Waals surface area contributed by atoms with Gasteiger partial charge < -0.3 is 4.42 Å². The molecule has 0 N–H and O–H groups in total. The quantitative estimate of drug-likeness (QED) is 0.798. The Labute approximate surface area is 138 Å². The molecule has 3 atom stereocenters. The molecule has 3 heterocycles. The Morgan fingerprint density at radius 1 is 1.13 bits per heavy atom. The minimum Gasteiger partial charge on any atom is -0.465 e. The predicted octanol–water partition coefficient (Wildman–Crippen LogP) is 2.87. The summed E-state index contributed by atoms with van der Waals surface area (Å²) < 4.78 is 35.4. The third-order valence-corrected chi connectivity index (χ3v) is 7.48. The van der Waals surface area contributed by atoms with Crippen LogP contribution in [0.25, 0.3) is 0 Å². The van der Waals surface area contributed by atoms with E-state index in [9.17, 15) is 8.42 Å². The summed E-state index contributed by atoms with van der Waals surface area (Å²) in [6.45, 7) is 3.82. The summed E-state index contributed by atoms with van der Waals surface area (Å²) in [5, 5.41) is 0. The van der Waals surface area contributed by atoms with Crippen LogP contribution in [0, 0.1) is 18.8 Å². The Hall–Kier alpha value is -1.11. The number of aryl methyl sites for hydroxylation is 1. The summed E-state index contributed by atoms with van der Waals surface area (Å²) in [6, 6.07) is 3.69. The molecule has 2 saturated heterocycles. The smallest absolute Gasteiger partial charge is 0.282 e. The van der Waals surface area contributed by atoms with E-state index in [1.165, 1.54) is 0 Å². The van der Waals surface area contributed by atoms with Crippen LogP contribution in [-0.4, -0.2) is 36.7 Å². The summed E-state index contributed by atoms with van der Waals surface area (Å²) >= 11 is 0. The zero-order valence-electron chi connectivity index (χ0n) is 13.5. The maximum absolute atomic E-state index is 13.2. The van der Waals surface area contributed by atoms with Gasteiger partial charge in [0.1, 0.15) is 11.5 Å². The number of hydrogen-bond donors (Lipinski definition) is 0. The third-order valence-electron chi connectivity index (χ3n) is 5.50. The normalized spacial score (nSPS) is 32.5. The van der Waals surface area contributed by atoms with Gasteiger partial charge >= 0.3 is 0 Å². The fourth-order valence-electron chi connectivity index (χ4n) is 4.24. The van der Waals surface area contributed by atoms with Crippen molar-refractivity contribution in [2.24, 2.45) is 11.8 Å². The summed E-state index contributed by atoms with van der Waals surface area (Å²) in [5.41, 5.74) is 0. The molecule has 1 aromatic heterocycles. The Kier molecular flexibility index (Phi) is 3.86. The molecule has 1 aromatic rings. The van der Waals surface area contributed by atoms with Gasteiger partial charge in [-0.3, -0.25) is 0 Å². The minimum atomic E-state index is -3.41. The van der Waals surface area contributed by atoms with Gasteiger partial charge in [0, 0.05) is 19.6 Å². The number of furan rings is 1. The average molecular weight is 336 g/mol. The fraction of sp³-hybridized carbons (Fsp3) is 0.647. The number of fused-ring (bicyclic) bond motifs is 1. The second-order valence-electron chi connectivity index (χ2n) is 7.00. The zero-order chi connectivity index (χ0) is 16.0. The molecule has 2 aliphatic heterocycles. The van der Waals surface area contributed by atoms with E-state index in [4.69, 9.17) is 4.42 Å². The van der Waals surface area contributed by atoms with Gasteiger partial charge in [-0.25, -0.2) is 0 Å². The number of nitrogens with zero attached hydrogens (tertiary/aromatic N) is 2. The molecule has 0 bridgehead atoms. The maximum atomic E-state index is 13.2. The molecule has 0 aromatic carbocycles. The van der Waals surface area contributed by atoms with E-state index in [0.717, 1.165) is 37.2 Å². The first-order valence-electron chi connectivity index (χ1n) is 8.54. The summed E-state index contributed by atoms with van der Waals surface area (Å²) in [5.74, 6) is 2.59. The van der Waals surface area contributed by atoms with E-state index in [0.29, 0.717) is 31.5 Å². The lowest BCUT2D eigenvalue weighted by molar-refractivity contribution is 0.307. The van der Waals surface area contributed by atoms with Crippen LogP contribution in [0.15, 0.2) is 28.7 Å². The molecule has 0 saturated carbocycles. The first kappa shape index (κ1) is 15.4. The van der Waals surface area contributed by atoms with Crippen molar-refractivity contribution < 1.29 is 12.8 Å². The second-order valence-corrected chi connectivity index (χ2v) is 8.89. The highest BCUT2D eigenvalue weighted by Crippen LogP contribution is 2.40. The molecule has 0 unspecified atom stereocenters. The topological polar surface area (TPSA) is 53.8 Å². The largest absolute Gasteiger partial charge is 0.465 e. The number of hydrogen-bond acceptors (Lipinski definition) is 3. The van der Waals surface area contributed by atoms with E-state index in [1.807, 2.05) is 19.1 Å². The van der Waals surface area contributed by atoms with Gasteiger partial charge in [0.25, 0.3) is 10.2 Å². The van der Waals surface area contributed by atoms with Crippen molar-refractivity contribution in [1.82, 2.24) is 8.61 Å². The van der Waals surface area contributed by atoms with Gasteiger partial charge in [-0.05, 0) is 56.6 Å². The van der Waals surface area contributed by atoms with E-state index in [1.54, 1.807) is 8.61 Å². The molecule has 126 valence electrons. The molecule has 0 radical (unpaired) electrons. The van der Waals surface area contributed by atoms with E-state index in [-0.39, 0.29) is 6.04 Å². The number of rotatable bonds is 3. The average Bonchev–Trinajstić information content (AvgIpc) is 3.25. The molecular formula is C17H24N2O3S. The van der Waals surface area contributed by atoms with Gasteiger partial charge in [0.05, 0.1) is 6.04 Å². The second kappa shape index (κ2) is 5.76. The Balaban J connectivity index is 1.56. The maximum Gasteiger partial charge on any atom is 0.282 e. The van der Waals surface area contributed by atoms with Gasteiger partial charge in [-0.2, -0.15) is 17.0 Å². The van der Waals surface area contributed by atoms with Gasteiger partial charge in [-0.1, -0.05) is 12.2 Å². The van der Waals surface area contributed by atoms with Crippen molar-refractivity contribution in [3.63, 3.8) is 0 Å². The Morgan fingerprint density at radius 3 is 2.43 bits per heavy atom. The summed E-state index contributed by atoms with van der Waals surface area (Å²) in [4.78, 5) is 0. The van der Waals surface area contributed by atoms with Gasteiger partial charge in [0.15, 0.2) is 0 Å². The Bertz CT molecular complexity index is 693. The molecule has 0 amide bonds. The third kappa shape index (κ3) is 2.66. The first-order chi connectivity index (χ1) is 11.1. The standard InChI is InChI=1S/C17H24N2O3S/c1-13-8-9-17(22-13)16-7-4-10-19(16)23(20,21)18-11-14-5-2-3-6-15(14)12-18/h2-3,8-9,14-16H,4-7,10-12H2,1H3/t14-,15-,16-/m0/s1. The molecule has 0 spiro atoms. The van der Waals surface area contributed by atoms with Crippen molar-refractivity contribution in [2.45, 2.75) is 38.6 Å². The summed E-state index contributed by atoms with van der Waals surface area (Å²) in [7, 11) is -3.41. The lowest BCUT2D eigenvalue weighted by atomic mass is 9.86. The first-order valence-corrected chi connectivity index (χ1v) is 9.93. The molecule has 2 fully saturated rings. The Morgan fingerprint density at radius 2 is 1.83 bits per heavy atom. The van der Waals surface area contributed by atoms with Crippen molar-refractivity contribution >= 4 is 10.2 Å². The minimum absolute atomic E-state index is 0.144. The molecule has 23 heavy (non-hydrogen) atoms. The lowest BCUT2D eigenvalue weighted by Crippen LogP contribution is -2.42. The van der Waals surface area contributed by atoms with Crippen molar-refractivity contribution in [2.75, 3.05) is 19.6 Å². The summed E-state index contributed by atoms with van der Waals surface area (Å²) in [6.07, 6.45) is 8.15. The van der Waals surface area contributed by atoms with Crippen molar-refractivity contribution in [3.8, 4) is 0 Å². The van der Waals surface area contributed by atoms with Crippen LogP contribution < -0.4 is 0 Å². The van der Waals surface area contributed by atoms with Crippen LogP contribution in [0.1, 0.15) is 43.2 Å². The van der Waals surface area contributed by atoms with Crippen LogP contribution in [0.3, 0.4) is 0 Å². The van der Waals surface area contributed by atoms with E-state index in [2.05, 4.69) is 12.2 Å². The number of allylic oxidation sites excluding steroid dienone is 2. The van der Waals surface area contributed by atoms with Crippen molar-refractivity contribution in [1.29, 1.82) is 0 Å². The van der Waals surface area contributed by atoms with Crippen LogP contribution >= 0.6 is 0 Å². The predicted molar refractivity (Wildman–Crippen MR) is 88.0 cm³/mol. The zero-order valence-corrected chi connectivity index (χ0v) is 14.3. The van der Waals surface area contributed by atoms with Crippen LogP contribution in [0.4, 0.5) is 0 Å². The van der Waals surface area contributed by atoms with Gasteiger partial charge in [0.2, 0.25) is 0 Å². The highest BCUT2D eigenvalue weighted by molar-refractivity contribution is 7.86. The molecular weight excluding hydrogens is 312 g/mol. The molecule has 3 aliphatic rings. The van der Waals surface area contributed by atoms with Crippen LogP contribution in [-0.2, 0) is 10.2 Å². The fourth-order valence-corrected chi connectivity index (χ4v) is 6.19. The van der Waals surface area contributed by atoms with Gasteiger partial charge in [-0.15, -0.1) is 0 Å². The van der Waals surface area contributed by atoms with Crippen LogP contribution in [0.2, 0.25) is 0 Å². The lowest BCUT2D eigenvalue weighted by Gasteiger charge is -2.27. The van der Waals surface area contributed by atoms with Crippen molar-refractivity contribution in [3.05, 3.63) is 35.8 Å². The van der Waals surface area contributed by atoms with E-state index < -0.39 is 10.2 Å². The van der Waals surface area contributed by atoms with Crippen LogP contribution in [0.5, 0.6) is 0 Å². The van der Waals surface area contributed by atoms with E-state index >= 15 is 0 Å². The monoisotopic (exact) mass is 336 g/mol. The molecule has 5 nitrogen and oxygen atoms in total. The molecule has 4 rings (SSSR count).